The summed E-state index contributed by atoms with van der Waals surface area (Å²) in [5.74, 6) is 3.07. The lowest BCUT2D eigenvalue weighted by Gasteiger charge is -2.06. The van der Waals surface area contributed by atoms with E-state index in [-0.39, 0.29) is 0 Å². The Balaban J connectivity index is 0.000000730. The van der Waals surface area contributed by atoms with Gasteiger partial charge in [0.25, 0.3) is 0 Å². The second-order valence-corrected chi connectivity index (χ2v) is 6.05. The molecule has 0 bridgehead atoms. The number of halogens is 1. The fourth-order valence-corrected chi connectivity index (χ4v) is 2.53. The van der Waals surface area contributed by atoms with Crippen molar-refractivity contribution < 1.29 is 0 Å². The summed E-state index contributed by atoms with van der Waals surface area (Å²) in [6.45, 7) is 8.00. The summed E-state index contributed by atoms with van der Waals surface area (Å²) < 4.78 is 0. The summed E-state index contributed by atoms with van der Waals surface area (Å²) in [5.41, 5.74) is 10.5. The van der Waals surface area contributed by atoms with Crippen LogP contribution in [0.5, 0.6) is 0 Å². The first-order valence-electron chi connectivity index (χ1n) is 8.17. The second-order valence-electron chi connectivity index (χ2n) is 4.37. The fourth-order valence-electron chi connectivity index (χ4n) is 2.04. The number of nitrogen functional groups attached to an aromatic ring is 1. The normalized spacial score (nSPS) is 9.00. The van der Waals surface area contributed by atoms with Gasteiger partial charge in [-0.15, -0.1) is 0 Å². The van der Waals surface area contributed by atoms with Crippen LogP contribution >= 0.6 is 30.1 Å². The van der Waals surface area contributed by atoms with Crippen molar-refractivity contribution in [1.82, 2.24) is 9.97 Å². The first-order valence-corrected chi connectivity index (χ1v) is 11.5. The molecule has 1 aromatic carbocycles. The number of aromatic nitrogens is 2. The molecule has 0 saturated carbocycles. The highest BCUT2D eigenvalue weighted by atomic mass is 127. The van der Waals surface area contributed by atoms with Gasteiger partial charge in [-0.1, -0.05) is 45.7 Å². The molecule has 0 aliphatic rings. The van der Waals surface area contributed by atoms with Gasteiger partial charge in [0.1, 0.15) is 0 Å². The van der Waals surface area contributed by atoms with E-state index < -0.39 is 0 Å². The molecule has 130 valence electrons. The smallest absolute Gasteiger partial charge is 0.0761 e. The zero-order valence-electron chi connectivity index (χ0n) is 14.9. The number of pyridine rings is 2. The van der Waals surface area contributed by atoms with Crippen molar-refractivity contribution in [2.45, 2.75) is 27.7 Å². The molecule has 2 aromatic heterocycles. The summed E-state index contributed by atoms with van der Waals surface area (Å²) in [5, 5.41) is 3.85. The fraction of sp³-hybridized carbons (Fsp3) is 0.200. The van der Waals surface area contributed by atoms with E-state index in [2.05, 4.69) is 42.3 Å². The Morgan fingerprint density at radius 1 is 1.04 bits per heavy atom. The highest BCUT2D eigenvalue weighted by Gasteiger charge is 2.05. The van der Waals surface area contributed by atoms with E-state index in [0.29, 0.717) is 5.69 Å². The minimum absolute atomic E-state index is 0.688. The van der Waals surface area contributed by atoms with Gasteiger partial charge in [0.2, 0.25) is 0 Å². The van der Waals surface area contributed by atoms with Gasteiger partial charge >= 0.3 is 0 Å². The lowest BCUT2D eigenvalue weighted by Crippen LogP contribution is -1.93. The summed E-state index contributed by atoms with van der Waals surface area (Å²) in [6.07, 6.45) is 3.46. The van der Waals surface area contributed by atoms with E-state index in [9.17, 15) is 0 Å². The number of hydrogen-bond acceptors (Lipinski definition) is 4. The number of rotatable bonds is 1. The van der Waals surface area contributed by atoms with Crippen LogP contribution in [0.15, 0.2) is 48.8 Å². The van der Waals surface area contributed by atoms with Crippen molar-refractivity contribution in [3.8, 4) is 22.4 Å². The lowest BCUT2D eigenvalue weighted by molar-refractivity contribution is 1.32. The number of anilines is 1. The monoisotopic (exact) mass is 463 g/mol. The molecule has 0 amide bonds. The first kappa shape index (κ1) is 21.3. The highest BCUT2D eigenvalue weighted by Crippen LogP contribution is 2.25. The molecule has 3 aromatic rings. The predicted molar refractivity (Wildman–Crippen MR) is 121 cm³/mol. The van der Waals surface area contributed by atoms with Gasteiger partial charge in [-0.2, -0.15) is 0 Å². The number of benzene rings is 1. The molecule has 25 heavy (non-hydrogen) atoms. The molecule has 5 heteroatoms. The van der Waals surface area contributed by atoms with Crippen LogP contribution < -0.4 is 5.73 Å². The van der Waals surface area contributed by atoms with Crippen LogP contribution in [-0.2, 0) is 0 Å². The molecule has 3 nitrogen and oxygen atoms in total. The molecule has 0 unspecified atom stereocenters. The Hall–Kier alpha value is -1.78. The van der Waals surface area contributed by atoms with Crippen molar-refractivity contribution in [1.29, 1.82) is 0 Å². The SMILES string of the molecule is CC.CC.Nc1cc(-c2ccc(C#CSI)cc2)nc2ccncc12. The maximum atomic E-state index is 6.08. The standard InChI is InChI=1S/C16H10IN3S.2C2H6/c17-21-8-6-11-1-3-12(4-2-11)16-9-14(18)13-10-19-7-5-15(13)20-16;2*1-2/h1-5,7,9-10H,(H2,18,20);2*1-2H3. The molecule has 0 aliphatic heterocycles. The minimum atomic E-state index is 0.688. The van der Waals surface area contributed by atoms with Crippen molar-refractivity contribution in [2.24, 2.45) is 0 Å². The summed E-state index contributed by atoms with van der Waals surface area (Å²) in [4.78, 5) is 8.72. The van der Waals surface area contributed by atoms with Gasteiger partial charge in [0, 0.05) is 55.8 Å². The number of nitrogens with two attached hydrogens (primary N) is 1. The Morgan fingerprint density at radius 3 is 2.36 bits per heavy atom. The Bertz CT molecular complexity index is 852. The van der Waals surface area contributed by atoms with Gasteiger partial charge in [-0.25, -0.2) is 4.98 Å². The van der Waals surface area contributed by atoms with E-state index in [1.165, 1.54) is 8.93 Å². The van der Waals surface area contributed by atoms with Crippen LogP contribution in [0.25, 0.3) is 22.2 Å². The van der Waals surface area contributed by atoms with Crippen LogP contribution in [0.1, 0.15) is 33.3 Å². The largest absolute Gasteiger partial charge is 0.398 e. The molecule has 0 spiro atoms. The van der Waals surface area contributed by atoms with E-state index in [1.54, 1.807) is 12.4 Å². The van der Waals surface area contributed by atoms with Gasteiger partial charge in [-0.3, -0.25) is 4.98 Å². The third-order valence-corrected chi connectivity index (χ3v) is 3.90. The molecule has 3 rings (SSSR count). The van der Waals surface area contributed by atoms with Crippen molar-refractivity contribution in [3.63, 3.8) is 0 Å². The van der Waals surface area contributed by atoms with E-state index >= 15 is 0 Å². The molecule has 2 N–H and O–H groups in total. The molecule has 2 heterocycles. The molecule has 0 aliphatic carbocycles. The van der Waals surface area contributed by atoms with Crippen molar-refractivity contribution in [2.75, 3.05) is 5.73 Å². The molecule has 0 atom stereocenters. The van der Waals surface area contributed by atoms with Crippen LogP contribution in [-0.4, -0.2) is 9.97 Å². The van der Waals surface area contributed by atoms with Crippen LogP contribution in [0.4, 0.5) is 5.69 Å². The zero-order chi connectivity index (χ0) is 18.7. The first-order chi connectivity index (χ1) is 12.3. The number of nitrogens with zero attached hydrogens (tertiary/aromatic N) is 2. The van der Waals surface area contributed by atoms with E-state index in [1.807, 2.05) is 64.1 Å². The minimum Gasteiger partial charge on any atom is -0.398 e. The zero-order valence-corrected chi connectivity index (χ0v) is 17.9. The van der Waals surface area contributed by atoms with Crippen LogP contribution in [0.3, 0.4) is 0 Å². The van der Waals surface area contributed by atoms with Crippen molar-refractivity contribution >= 4 is 46.7 Å². The second kappa shape index (κ2) is 11.7. The predicted octanol–water partition coefficient (Wildman–Crippen LogP) is 6.32. The van der Waals surface area contributed by atoms with Crippen molar-refractivity contribution in [3.05, 3.63) is 54.4 Å². The quantitative estimate of drug-likeness (QED) is 0.339. The van der Waals surface area contributed by atoms with E-state index in [4.69, 9.17) is 5.73 Å². The van der Waals surface area contributed by atoms with Crippen LogP contribution in [0, 0.1) is 11.2 Å². The maximum Gasteiger partial charge on any atom is 0.0761 e. The molecule has 0 fully saturated rings. The van der Waals surface area contributed by atoms with Gasteiger partial charge in [0.05, 0.1) is 11.2 Å². The maximum absolute atomic E-state index is 6.08. The Labute approximate surface area is 166 Å². The summed E-state index contributed by atoms with van der Waals surface area (Å²) >= 11 is 2.16. The third kappa shape index (κ3) is 5.91. The lowest BCUT2D eigenvalue weighted by atomic mass is 10.1. The van der Waals surface area contributed by atoms with Crippen LogP contribution in [0.2, 0.25) is 0 Å². The number of fused-ring (bicyclic) bond motifs is 1. The number of hydrogen-bond donors (Lipinski definition) is 1. The summed E-state index contributed by atoms with van der Waals surface area (Å²) in [7, 11) is 1.47. The Kier molecular flexibility index (Phi) is 9.97. The van der Waals surface area contributed by atoms with E-state index in [0.717, 1.165) is 27.7 Å². The third-order valence-electron chi connectivity index (χ3n) is 3.06. The average molecular weight is 463 g/mol. The van der Waals surface area contributed by atoms with Gasteiger partial charge in [-0.05, 0) is 38.5 Å². The molecule has 0 radical (unpaired) electrons. The van der Waals surface area contributed by atoms with Gasteiger partial charge < -0.3 is 5.73 Å². The van der Waals surface area contributed by atoms with Gasteiger partial charge in [0.15, 0.2) is 0 Å². The molecule has 0 saturated heterocycles. The Morgan fingerprint density at radius 2 is 1.72 bits per heavy atom. The molecular formula is C20H22IN3S. The molecular weight excluding hydrogens is 441 g/mol. The summed E-state index contributed by atoms with van der Waals surface area (Å²) in [6, 6.07) is 11.7. The highest BCUT2D eigenvalue weighted by molar-refractivity contribution is 14.2. The average Bonchev–Trinajstić information content (AvgIpc) is 2.70. The topological polar surface area (TPSA) is 51.8 Å².